The third-order valence-corrected chi connectivity index (χ3v) is 8.47. The number of aryl methyl sites for hydroxylation is 1. The minimum absolute atomic E-state index is 0.0276. The molecule has 254 valence electrons. The van der Waals surface area contributed by atoms with Crippen LogP contribution in [0, 0.1) is 25.2 Å². The second-order valence-electron chi connectivity index (χ2n) is 10.6. The van der Waals surface area contributed by atoms with Gasteiger partial charge in [0, 0.05) is 53.9 Å². The molecule has 0 fully saturated rings. The first kappa shape index (κ1) is 36.4. The predicted molar refractivity (Wildman–Crippen MR) is 185 cm³/mol. The van der Waals surface area contributed by atoms with Crippen molar-refractivity contribution in [2.24, 2.45) is 0 Å². The van der Waals surface area contributed by atoms with Crippen LogP contribution in [0.2, 0.25) is 0 Å². The minimum atomic E-state index is -4.46. The number of rotatable bonds is 12. The summed E-state index contributed by atoms with van der Waals surface area (Å²) in [6, 6.07) is 18.2. The summed E-state index contributed by atoms with van der Waals surface area (Å²) in [7, 11) is 2.99. The van der Waals surface area contributed by atoms with E-state index in [0.717, 1.165) is 34.5 Å². The highest BCUT2D eigenvalue weighted by molar-refractivity contribution is 7.98. The lowest BCUT2D eigenvalue weighted by molar-refractivity contribution is -0.137. The summed E-state index contributed by atoms with van der Waals surface area (Å²) in [5.74, 6) is 0.790. The highest BCUT2D eigenvalue weighted by atomic mass is 32.2. The molecule has 0 bridgehead atoms. The van der Waals surface area contributed by atoms with Gasteiger partial charge in [0.15, 0.2) is 16.7 Å². The molecule has 2 heterocycles. The molecular formula is C36H35F3N6O3S. The van der Waals surface area contributed by atoms with Gasteiger partial charge in [-0.1, -0.05) is 48.2 Å². The van der Waals surface area contributed by atoms with Crippen molar-refractivity contribution in [3.8, 4) is 35.5 Å². The first-order valence-electron chi connectivity index (χ1n) is 14.9. The number of aromatic nitrogens is 3. The Morgan fingerprint density at radius 2 is 1.76 bits per heavy atom. The molecule has 0 atom stereocenters. The lowest BCUT2D eigenvalue weighted by Crippen LogP contribution is -2.35. The lowest BCUT2D eigenvalue weighted by atomic mass is 10.0. The number of nitrogens with zero attached hydrogens (tertiary/aromatic N) is 3. The number of halogens is 3. The maximum absolute atomic E-state index is 13.3. The van der Waals surface area contributed by atoms with Gasteiger partial charge in [0.2, 0.25) is 5.91 Å². The van der Waals surface area contributed by atoms with Gasteiger partial charge in [-0.2, -0.15) is 13.2 Å². The molecule has 13 heteroatoms. The van der Waals surface area contributed by atoms with Crippen molar-refractivity contribution in [1.29, 1.82) is 5.41 Å². The van der Waals surface area contributed by atoms with Gasteiger partial charge in [-0.3, -0.25) is 15.2 Å². The van der Waals surface area contributed by atoms with E-state index in [9.17, 15) is 18.0 Å². The molecule has 5 rings (SSSR count). The number of benzene rings is 3. The summed E-state index contributed by atoms with van der Waals surface area (Å²) in [6.07, 6.45) is 7.03. The van der Waals surface area contributed by atoms with Crippen LogP contribution in [0.3, 0.4) is 0 Å². The van der Waals surface area contributed by atoms with Crippen molar-refractivity contribution in [1.82, 2.24) is 19.9 Å². The predicted octanol–water partition coefficient (Wildman–Crippen LogP) is 6.69. The van der Waals surface area contributed by atoms with Gasteiger partial charge in [0.25, 0.3) is 0 Å². The smallest absolute Gasteiger partial charge is 0.416 e. The molecule has 0 unspecified atom stereocenters. The summed E-state index contributed by atoms with van der Waals surface area (Å²) in [6.45, 7) is 2.36. The molecule has 3 N–H and O–H groups in total. The van der Waals surface area contributed by atoms with E-state index in [4.69, 9.17) is 19.9 Å². The highest BCUT2D eigenvalue weighted by Gasteiger charge is 2.30. The average molecular weight is 689 g/mol. The number of methoxy groups -OCH3 is 2. The van der Waals surface area contributed by atoms with Crippen molar-refractivity contribution in [2.75, 3.05) is 32.6 Å². The van der Waals surface area contributed by atoms with E-state index in [2.05, 4.69) is 28.5 Å². The monoisotopic (exact) mass is 688 g/mol. The second kappa shape index (κ2) is 16.6. The number of anilines is 1. The molecule has 0 radical (unpaired) electrons. The van der Waals surface area contributed by atoms with E-state index >= 15 is 0 Å². The van der Waals surface area contributed by atoms with Gasteiger partial charge >= 0.3 is 6.18 Å². The van der Waals surface area contributed by atoms with Crippen LogP contribution in [0.25, 0.3) is 22.0 Å². The molecule has 0 aliphatic heterocycles. The summed E-state index contributed by atoms with van der Waals surface area (Å²) in [5.41, 5.74) is 4.04. The maximum atomic E-state index is 13.3. The molecule has 3 aromatic carbocycles. The number of terminal acetylenes is 1. The molecule has 9 nitrogen and oxygen atoms in total. The van der Waals surface area contributed by atoms with Gasteiger partial charge in [0.05, 0.1) is 31.8 Å². The van der Waals surface area contributed by atoms with E-state index in [1.807, 2.05) is 37.3 Å². The van der Waals surface area contributed by atoms with E-state index < -0.39 is 11.7 Å². The number of carbonyl (C=O) groups excluding carboxylic acids is 1. The molecule has 0 aliphatic carbocycles. The Kier molecular flexibility index (Phi) is 12.3. The Labute approximate surface area is 286 Å². The Balaban J connectivity index is 0.00000265. The van der Waals surface area contributed by atoms with Crippen LogP contribution in [-0.2, 0) is 23.3 Å². The van der Waals surface area contributed by atoms with E-state index in [0.29, 0.717) is 33.1 Å². The zero-order valence-corrected chi connectivity index (χ0v) is 27.9. The Bertz CT molecular complexity index is 2000. The number of pyridine rings is 1. The maximum Gasteiger partial charge on any atom is 0.416 e. The number of carbonyl (C=O) groups is 1. The van der Waals surface area contributed by atoms with Crippen molar-refractivity contribution in [3.63, 3.8) is 0 Å². The molecule has 49 heavy (non-hydrogen) atoms. The molecule has 0 saturated carbocycles. The highest BCUT2D eigenvalue weighted by Crippen LogP contribution is 2.33. The zero-order valence-electron chi connectivity index (χ0n) is 27.1. The third-order valence-electron chi connectivity index (χ3n) is 7.43. The molecule has 0 saturated heterocycles. The van der Waals surface area contributed by atoms with Crippen molar-refractivity contribution in [3.05, 3.63) is 101 Å². The molecule has 1 amide bonds. The molecule has 5 aromatic rings. The third kappa shape index (κ3) is 9.11. The fourth-order valence-electron chi connectivity index (χ4n) is 4.93. The van der Waals surface area contributed by atoms with Crippen LogP contribution in [0.1, 0.15) is 16.7 Å². The fraction of sp³-hybridized carbons (Fsp3) is 0.222. The minimum Gasteiger partial charge on any atom is -0.493 e. The molecular weight excluding hydrogens is 653 g/mol. The Morgan fingerprint density at radius 3 is 2.45 bits per heavy atom. The van der Waals surface area contributed by atoms with Gasteiger partial charge in [-0.15, -0.1) is 12.8 Å². The first-order chi connectivity index (χ1) is 23.6. The fourth-order valence-corrected chi connectivity index (χ4v) is 5.91. The largest absolute Gasteiger partial charge is 0.493 e. The number of hydrogen-bond donors (Lipinski definition) is 3. The quantitative estimate of drug-likeness (QED) is 0.0761. The van der Waals surface area contributed by atoms with E-state index in [-0.39, 0.29) is 36.8 Å². The standard InChI is InChI=1S/C34H33F3N6O3S.C2H2/c1-21-9-10-23(24-7-5-11-39-18-24)15-27(21)41-19-31(44)40-12-13-43-32(38)26-16-29(45-2)30(46-3)17-28(26)42-33(43)47-20-22-6-4-8-25(14-22)34(35,36)37;1-2/h4-11,14-18,38,41H,12-13,19-20H2,1-3H3,(H,40,44);1-2H. The number of ether oxygens (including phenoxy) is 2. The number of hydrogen-bond acceptors (Lipinski definition) is 8. The lowest BCUT2D eigenvalue weighted by Gasteiger charge is -2.17. The van der Waals surface area contributed by atoms with Crippen molar-refractivity contribution in [2.45, 2.75) is 30.6 Å². The average Bonchev–Trinajstić information content (AvgIpc) is 3.12. The Hall–Kier alpha value is -5.48. The number of nitrogens with one attached hydrogen (secondary N) is 3. The summed E-state index contributed by atoms with van der Waals surface area (Å²) >= 11 is 1.20. The summed E-state index contributed by atoms with van der Waals surface area (Å²) < 4.78 is 52.4. The zero-order chi connectivity index (χ0) is 35.6. The van der Waals surface area contributed by atoms with Gasteiger partial charge < -0.3 is 24.7 Å². The number of alkyl halides is 3. The van der Waals surface area contributed by atoms with Crippen LogP contribution < -0.4 is 25.6 Å². The van der Waals surface area contributed by atoms with Gasteiger partial charge in [-0.25, -0.2) is 4.98 Å². The van der Waals surface area contributed by atoms with Crippen molar-refractivity contribution < 1.29 is 27.4 Å². The molecule has 0 spiro atoms. The van der Waals surface area contributed by atoms with Gasteiger partial charge in [0.1, 0.15) is 5.49 Å². The second-order valence-corrected chi connectivity index (χ2v) is 11.5. The SMILES string of the molecule is C#C.COc1cc2nc(SCc3cccc(C(F)(F)F)c3)n(CCNC(=O)CNc3cc(-c4cccnc4)ccc3C)c(=N)c2cc1OC. The first-order valence-corrected chi connectivity index (χ1v) is 15.9. The van der Waals surface area contributed by atoms with Crippen LogP contribution in [0.4, 0.5) is 18.9 Å². The molecule has 0 aliphatic rings. The number of fused-ring (bicyclic) bond motifs is 1. The summed E-state index contributed by atoms with van der Waals surface area (Å²) in [5, 5.41) is 16.0. The van der Waals surface area contributed by atoms with Crippen molar-refractivity contribution >= 4 is 34.3 Å². The normalized spacial score (nSPS) is 10.9. The van der Waals surface area contributed by atoms with Crippen LogP contribution in [0.15, 0.2) is 84.3 Å². The summed E-state index contributed by atoms with van der Waals surface area (Å²) in [4.78, 5) is 21.8. The topological polar surface area (TPSA) is 114 Å². The van der Waals surface area contributed by atoms with Gasteiger partial charge in [-0.05, 0) is 47.9 Å². The number of thioether (sulfide) groups is 1. The number of amides is 1. The van der Waals surface area contributed by atoms with Crippen LogP contribution in [-0.4, -0.2) is 47.8 Å². The van der Waals surface area contributed by atoms with Crippen LogP contribution in [0.5, 0.6) is 11.5 Å². The Morgan fingerprint density at radius 1 is 1.00 bits per heavy atom. The molecule has 2 aromatic heterocycles. The van der Waals surface area contributed by atoms with E-state index in [1.165, 1.54) is 32.0 Å². The van der Waals surface area contributed by atoms with Crippen LogP contribution >= 0.6 is 11.8 Å². The van der Waals surface area contributed by atoms with E-state index in [1.54, 1.807) is 35.2 Å².